The molecule has 0 spiro atoms. The van der Waals surface area contributed by atoms with E-state index in [4.69, 9.17) is 14.2 Å². The molecule has 2 atom stereocenters. The van der Waals surface area contributed by atoms with E-state index in [9.17, 15) is 13.2 Å². The van der Waals surface area contributed by atoms with Crippen LogP contribution in [0.3, 0.4) is 0 Å². The van der Waals surface area contributed by atoms with Crippen molar-refractivity contribution in [3.05, 3.63) is 48.5 Å². The van der Waals surface area contributed by atoms with E-state index in [0.717, 1.165) is 10.6 Å². The highest BCUT2D eigenvalue weighted by Crippen LogP contribution is 2.31. The first kappa shape index (κ1) is 21.8. The molecule has 0 fully saturated rings. The molecule has 3 rings (SSSR count). The van der Waals surface area contributed by atoms with E-state index in [-0.39, 0.29) is 12.6 Å². The second kappa shape index (κ2) is 9.25. The normalized spacial score (nSPS) is 16.4. The van der Waals surface area contributed by atoms with Crippen molar-refractivity contribution in [1.29, 1.82) is 0 Å². The lowest BCUT2D eigenvalue weighted by atomic mass is 10.1. The molecule has 0 radical (unpaired) electrons. The summed E-state index contributed by atoms with van der Waals surface area (Å²) in [5, 5.41) is 2.80. The van der Waals surface area contributed by atoms with Crippen LogP contribution in [0.4, 0.5) is 5.69 Å². The Kier molecular flexibility index (Phi) is 6.71. The molecule has 1 heterocycles. The van der Waals surface area contributed by atoms with Gasteiger partial charge in [0, 0.05) is 6.07 Å². The minimum absolute atomic E-state index is 0.194. The fourth-order valence-corrected chi connectivity index (χ4v) is 4.51. The van der Waals surface area contributed by atoms with Gasteiger partial charge in [0.2, 0.25) is 15.9 Å². The molecule has 8 nitrogen and oxygen atoms in total. The molecule has 1 amide bonds. The van der Waals surface area contributed by atoms with Crippen LogP contribution in [0.1, 0.15) is 13.3 Å². The van der Waals surface area contributed by atoms with Crippen LogP contribution >= 0.6 is 0 Å². The number of hydrogen-bond acceptors (Lipinski definition) is 6. The number of rotatable bonds is 8. The molecule has 2 aromatic rings. The molecule has 9 heteroatoms. The van der Waals surface area contributed by atoms with Gasteiger partial charge >= 0.3 is 0 Å². The second-order valence-electron chi connectivity index (χ2n) is 6.93. The van der Waals surface area contributed by atoms with Crippen LogP contribution in [-0.2, 0) is 14.8 Å². The van der Waals surface area contributed by atoms with Gasteiger partial charge in [0.25, 0.3) is 0 Å². The highest BCUT2D eigenvalue weighted by Gasteiger charge is 2.32. The molecule has 0 bridgehead atoms. The number of hydrogen-bond donors (Lipinski definition) is 1. The lowest BCUT2D eigenvalue weighted by Gasteiger charge is -2.31. The van der Waals surface area contributed by atoms with E-state index in [1.54, 1.807) is 37.3 Å². The largest absolute Gasteiger partial charge is 0.497 e. The molecule has 1 aliphatic rings. The first-order valence-electron chi connectivity index (χ1n) is 9.63. The van der Waals surface area contributed by atoms with Gasteiger partial charge in [-0.05, 0) is 30.7 Å². The highest BCUT2D eigenvalue weighted by molar-refractivity contribution is 7.92. The van der Waals surface area contributed by atoms with Gasteiger partial charge < -0.3 is 19.5 Å². The van der Waals surface area contributed by atoms with Gasteiger partial charge in [-0.1, -0.05) is 25.1 Å². The summed E-state index contributed by atoms with van der Waals surface area (Å²) in [5.74, 6) is 1.37. The van der Waals surface area contributed by atoms with E-state index in [1.165, 1.54) is 7.11 Å². The SMILES string of the molecule is CC[C@@H](C(=O)NC[C@H]1COc2ccccc2O1)N(c1cccc(OC)c1)S(C)(=O)=O. The van der Waals surface area contributed by atoms with Crippen molar-refractivity contribution in [3.8, 4) is 17.2 Å². The average molecular weight is 435 g/mol. The second-order valence-corrected chi connectivity index (χ2v) is 8.79. The zero-order valence-corrected chi connectivity index (χ0v) is 18.0. The quantitative estimate of drug-likeness (QED) is 0.685. The summed E-state index contributed by atoms with van der Waals surface area (Å²) in [6, 6.07) is 13.0. The number of amides is 1. The Balaban J connectivity index is 1.73. The Morgan fingerprint density at radius 1 is 1.23 bits per heavy atom. The summed E-state index contributed by atoms with van der Waals surface area (Å²) in [4.78, 5) is 12.9. The van der Waals surface area contributed by atoms with Crippen molar-refractivity contribution >= 4 is 21.6 Å². The molecule has 1 N–H and O–H groups in total. The van der Waals surface area contributed by atoms with E-state index in [2.05, 4.69) is 5.32 Å². The fourth-order valence-electron chi connectivity index (χ4n) is 3.30. The maximum atomic E-state index is 12.9. The topological polar surface area (TPSA) is 94.2 Å². The van der Waals surface area contributed by atoms with Gasteiger partial charge in [0.15, 0.2) is 11.5 Å². The summed E-state index contributed by atoms with van der Waals surface area (Å²) >= 11 is 0. The van der Waals surface area contributed by atoms with Gasteiger partial charge in [-0.15, -0.1) is 0 Å². The Bertz CT molecular complexity index is 994. The van der Waals surface area contributed by atoms with Crippen molar-refractivity contribution in [2.75, 3.05) is 30.8 Å². The number of carbonyl (C=O) groups excluding carboxylic acids is 1. The van der Waals surface area contributed by atoms with Gasteiger partial charge in [-0.25, -0.2) is 8.42 Å². The minimum Gasteiger partial charge on any atom is -0.497 e. The third-order valence-electron chi connectivity index (χ3n) is 4.71. The number of para-hydroxylation sites is 2. The molecular formula is C21H26N2O6S. The van der Waals surface area contributed by atoms with Gasteiger partial charge in [-0.2, -0.15) is 0 Å². The molecule has 1 aliphatic heterocycles. The molecule has 0 saturated carbocycles. The van der Waals surface area contributed by atoms with Crippen molar-refractivity contribution in [2.45, 2.75) is 25.5 Å². The number of sulfonamides is 1. The van der Waals surface area contributed by atoms with Crippen LogP contribution in [0.15, 0.2) is 48.5 Å². The third kappa shape index (κ3) is 4.96. The van der Waals surface area contributed by atoms with Crippen molar-refractivity contribution in [1.82, 2.24) is 5.32 Å². The molecule has 0 aromatic heterocycles. The van der Waals surface area contributed by atoms with Crippen LogP contribution in [0.2, 0.25) is 0 Å². The number of methoxy groups -OCH3 is 1. The number of carbonyl (C=O) groups is 1. The number of nitrogens with one attached hydrogen (secondary N) is 1. The van der Waals surface area contributed by atoms with Crippen molar-refractivity contribution < 1.29 is 27.4 Å². The van der Waals surface area contributed by atoms with Crippen molar-refractivity contribution in [2.24, 2.45) is 0 Å². The molecule has 0 aliphatic carbocycles. The van der Waals surface area contributed by atoms with Gasteiger partial charge in [-0.3, -0.25) is 9.10 Å². The lowest BCUT2D eigenvalue weighted by molar-refractivity contribution is -0.122. The van der Waals surface area contributed by atoms with Gasteiger partial charge in [0.05, 0.1) is 25.6 Å². The molecular weight excluding hydrogens is 408 g/mol. The Morgan fingerprint density at radius 2 is 1.97 bits per heavy atom. The van der Waals surface area contributed by atoms with E-state index in [1.807, 2.05) is 18.2 Å². The van der Waals surface area contributed by atoms with Gasteiger partial charge in [0.1, 0.15) is 24.5 Å². The number of benzene rings is 2. The third-order valence-corrected chi connectivity index (χ3v) is 5.89. The van der Waals surface area contributed by atoms with E-state index in [0.29, 0.717) is 36.0 Å². The highest BCUT2D eigenvalue weighted by atomic mass is 32.2. The maximum absolute atomic E-state index is 12.9. The smallest absolute Gasteiger partial charge is 0.244 e. The predicted molar refractivity (Wildman–Crippen MR) is 114 cm³/mol. The van der Waals surface area contributed by atoms with Crippen molar-refractivity contribution in [3.63, 3.8) is 0 Å². The van der Waals surface area contributed by atoms with Crippen LogP contribution in [0.25, 0.3) is 0 Å². The van der Waals surface area contributed by atoms with E-state index < -0.39 is 22.0 Å². The molecule has 2 aromatic carbocycles. The number of fused-ring (bicyclic) bond motifs is 1. The number of nitrogens with zero attached hydrogens (tertiary/aromatic N) is 1. The summed E-state index contributed by atoms with van der Waals surface area (Å²) in [6.45, 7) is 2.25. The first-order chi connectivity index (χ1) is 14.3. The van der Waals surface area contributed by atoms with Crippen LogP contribution in [-0.4, -0.2) is 53.0 Å². The standard InChI is InChI=1S/C21H26N2O6S/c1-4-18(23(30(3,25)26)15-8-7-9-16(12-15)27-2)21(24)22-13-17-14-28-19-10-5-6-11-20(19)29-17/h5-12,17-18H,4,13-14H2,1-3H3,(H,22,24)/t17-,18-/m0/s1. The summed E-state index contributed by atoms with van der Waals surface area (Å²) < 4.78 is 42.9. The van der Waals surface area contributed by atoms with Crippen LogP contribution in [0.5, 0.6) is 17.2 Å². The van der Waals surface area contributed by atoms with E-state index >= 15 is 0 Å². The maximum Gasteiger partial charge on any atom is 0.244 e. The summed E-state index contributed by atoms with van der Waals surface area (Å²) in [5.41, 5.74) is 0.366. The fraction of sp³-hybridized carbons (Fsp3) is 0.381. The Morgan fingerprint density at radius 3 is 2.63 bits per heavy atom. The molecule has 162 valence electrons. The average Bonchev–Trinajstić information content (AvgIpc) is 2.74. The van der Waals surface area contributed by atoms with Crippen LogP contribution < -0.4 is 23.8 Å². The summed E-state index contributed by atoms with van der Waals surface area (Å²) in [6.07, 6.45) is 1.00. The zero-order chi connectivity index (χ0) is 21.7. The monoisotopic (exact) mass is 434 g/mol. The summed E-state index contributed by atoms with van der Waals surface area (Å²) in [7, 11) is -2.22. The Labute approximate surface area is 176 Å². The minimum atomic E-state index is -3.72. The predicted octanol–water partition coefficient (Wildman–Crippen LogP) is 2.20. The first-order valence-corrected chi connectivity index (χ1v) is 11.5. The number of ether oxygens (including phenoxy) is 3. The molecule has 30 heavy (non-hydrogen) atoms. The zero-order valence-electron chi connectivity index (χ0n) is 17.2. The molecule has 0 unspecified atom stereocenters. The van der Waals surface area contributed by atoms with Crippen LogP contribution in [0, 0.1) is 0 Å². The number of anilines is 1. The lowest BCUT2D eigenvalue weighted by Crippen LogP contribution is -2.51. The molecule has 0 saturated heterocycles. The Hall–Kier alpha value is -2.94.